The summed E-state index contributed by atoms with van der Waals surface area (Å²) in [7, 11) is -0.312. The van der Waals surface area contributed by atoms with Crippen molar-refractivity contribution < 1.29 is 42.6 Å². The SMILES string of the molecule is BrBr.C.C1OCOCO1.CCc1cc([N+](=O)[O-])c(C(C)CO)cc1Br.CCc1cc([N+](=O)[O-])c(CC)cc1Br.CCc1cc([N+](=O)[O-])c(CC)cc1Br.CCc1ccc(CC)c(Br)c1.CCc1ccc(CC)c(Br)c1.CCc1ccc(CC)cc1.[Br][Fe]([Br])[Br]. The number of benzene rings is 6. The first kappa shape index (κ1) is 91.9. The molecule has 0 radical (unpaired) electrons. The Kier molecular flexibility index (Phi) is 56.6. The summed E-state index contributed by atoms with van der Waals surface area (Å²) >= 11 is 32.4. The zero-order valence-electron chi connectivity index (χ0n) is 52.0. The maximum atomic E-state index is 10.9. The van der Waals surface area contributed by atoms with Crippen molar-refractivity contribution in [3.8, 4) is 0 Å². The predicted octanol–water partition coefficient (Wildman–Crippen LogP) is 24.7. The minimum atomic E-state index is -0.396. The third-order valence-corrected chi connectivity index (χ3v) is 16.8. The van der Waals surface area contributed by atoms with E-state index in [9.17, 15) is 30.3 Å². The third-order valence-electron chi connectivity index (χ3n) is 13.1. The van der Waals surface area contributed by atoms with Gasteiger partial charge in [-0.15, -0.1) is 0 Å². The van der Waals surface area contributed by atoms with Gasteiger partial charge in [-0.3, -0.25) is 30.3 Å². The van der Waals surface area contributed by atoms with E-state index < -0.39 is 4.92 Å². The number of aryl methyl sites for hydroxylation is 11. The van der Waals surface area contributed by atoms with Crippen LogP contribution in [-0.4, -0.2) is 46.9 Å². The molecule has 13 nitrogen and oxygen atoms in total. The van der Waals surface area contributed by atoms with Crippen LogP contribution in [-0.2, 0) is 93.3 Å². The van der Waals surface area contributed by atoms with Crippen LogP contribution in [0, 0.1) is 30.3 Å². The van der Waals surface area contributed by atoms with Gasteiger partial charge < -0.3 is 19.3 Å². The van der Waals surface area contributed by atoms with Gasteiger partial charge in [0.2, 0.25) is 0 Å². The molecule has 0 aromatic heterocycles. The first-order valence-corrected chi connectivity index (χ1v) is 44.4. The summed E-state index contributed by atoms with van der Waals surface area (Å²) in [6, 6.07) is 32.3. The van der Waals surface area contributed by atoms with Crippen molar-refractivity contribution in [2.24, 2.45) is 0 Å². The van der Waals surface area contributed by atoms with Crippen LogP contribution < -0.4 is 0 Å². The zero-order chi connectivity index (χ0) is 67.5. The normalized spacial score (nSPS) is 11.2. The van der Waals surface area contributed by atoms with Gasteiger partial charge in [0.1, 0.15) is 0 Å². The number of nitrogens with zero attached hydrogens (tertiary/aromatic N) is 3. The number of rotatable bonds is 16. The molecule has 0 aliphatic carbocycles. The molecule has 0 amide bonds. The fraction of sp³-hybridized carbons (Fsp3) is 0.446. The van der Waals surface area contributed by atoms with Crippen LogP contribution in [0.4, 0.5) is 17.1 Å². The van der Waals surface area contributed by atoms with Crippen LogP contribution in [0.1, 0.15) is 163 Å². The van der Waals surface area contributed by atoms with E-state index in [1.807, 2.05) is 46.8 Å². The average Bonchev–Trinajstić information content (AvgIpc) is 2.45. The Bertz CT molecular complexity index is 2800. The number of ether oxygens (including phenoxy) is 3. The number of nitro benzene ring substituents is 3. The second-order valence-corrected chi connectivity index (χ2v) is 39.7. The predicted molar refractivity (Wildman–Crippen MR) is 405 cm³/mol. The van der Waals surface area contributed by atoms with E-state index in [4.69, 9.17) is 5.11 Å². The molecule has 0 bridgehead atoms. The number of nitro groups is 3. The average molecular weight is 1930 g/mol. The van der Waals surface area contributed by atoms with Gasteiger partial charge in [-0.1, -0.05) is 219 Å². The van der Waals surface area contributed by atoms with Gasteiger partial charge in [-0.2, -0.15) is 0 Å². The Hall–Kier alpha value is -1.32. The van der Waals surface area contributed by atoms with Crippen molar-refractivity contribution in [2.45, 2.75) is 167 Å². The minimum absolute atomic E-state index is 0. The quantitative estimate of drug-likeness (QED) is 0.0557. The van der Waals surface area contributed by atoms with Gasteiger partial charge >= 0.3 is 50.8 Å². The molecule has 1 aliphatic heterocycles. The van der Waals surface area contributed by atoms with E-state index in [1.54, 1.807) is 31.2 Å². The number of hydrogen-bond donors (Lipinski definition) is 1. The molecule has 0 saturated carbocycles. The van der Waals surface area contributed by atoms with E-state index >= 15 is 0 Å². The monoisotopic (exact) mass is 1920 g/mol. The first-order valence-electron chi connectivity index (χ1n) is 28.5. The second kappa shape index (κ2) is 54.9. The number of aliphatic hydroxyl groups excluding tert-OH is 1. The zero-order valence-corrected chi connectivity index (χ0v) is 69.0. The summed E-state index contributed by atoms with van der Waals surface area (Å²) in [5.74, 6) is -0.234. The molecule has 6 aromatic carbocycles. The molecular formula is C65H88Br10FeN3O10. The van der Waals surface area contributed by atoms with Crippen LogP contribution in [0.25, 0.3) is 0 Å². The van der Waals surface area contributed by atoms with Crippen LogP contribution in [0.15, 0.2) is 119 Å². The Morgan fingerprint density at radius 3 is 0.876 bits per heavy atom. The molecule has 1 N–H and O–H groups in total. The van der Waals surface area contributed by atoms with Gasteiger partial charge in [0.05, 0.1) is 14.8 Å². The van der Waals surface area contributed by atoms with Gasteiger partial charge in [0, 0.05) is 98.0 Å². The van der Waals surface area contributed by atoms with Gasteiger partial charge in [0.15, 0.2) is 20.4 Å². The number of halogens is 10. The molecule has 1 unspecified atom stereocenters. The molecule has 1 atom stereocenters. The van der Waals surface area contributed by atoms with Crippen LogP contribution in [0.3, 0.4) is 0 Å². The first-order chi connectivity index (χ1) is 41.8. The molecule has 24 heteroatoms. The van der Waals surface area contributed by atoms with Crippen molar-refractivity contribution in [1.82, 2.24) is 0 Å². The van der Waals surface area contributed by atoms with Crippen molar-refractivity contribution >= 4 is 167 Å². The molecule has 6 aromatic rings. The van der Waals surface area contributed by atoms with Crippen LogP contribution >= 0.6 is 150 Å². The fourth-order valence-corrected chi connectivity index (χ4v) is 11.2. The van der Waals surface area contributed by atoms with E-state index in [0.29, 0.717) is 38.8 Å². The Morgan fingerprint density at radius 1 is 0.404 bits per heavy atom. The molecule has 89 heavy (non-hydrogen) atoms. The van der Waals surface area contributed by atoms with Crippen molar-refractivity contribution in [3.05, 3.63) is 217 Å². The summed E-state index contributed by atoms with van der Waals surface area (Å²) in [5.41, 5.74) is 14.0. The summed E-state index contributed by atoms with van der Waals surface area (Å²) in [4.78, 5) is 31.4. The molecule has 0 spiro atoms. The molecule has 1 heterocycles. The summed E-state index contributed by atoms with van der Waals surface area (Å²) in [5, 5.41) is 41.5. The number of hydrogen-bond acceptors (Lipinski definition) is 10. The standard InChI is InChI=1S/C11H14BrNO3.2C10H12BrNO2.2C10H13Br.C10H14.C3H6O3.CH4.Br2.3BrH.Fe/c1-3-8-4-11(13(15)16)9(5-10(8)12)7(2)6-14;2*1-3-7-6-10(12(13)14)8(4-2)5-9(7)11;2*1-3-8-5-6-9(4-2)10(11)7-8;1-3-9-5-7-10(4-2)8-6-9;1-4-2-6-3-5-1;;1-2;;;;/h4-5,7,14H,3,6H2,1-2H3;2*5-6H,3-4H2,1-2H3;2*5-7H,3-4H2,1-2H3;5-8H,3-4H2,1-2H3;1-3H2;1H4;;3*1H;/q;;;;;;;;;;;;+3/p-3. The van der Waals surface area contributed by atoms with Gasteiger partial charge in [-0.05, 0) is 151 Å². The maximum absolute atomic E-state index is 10.9. The Labute approximate surface area is 613 Å². The number of aliphatic hydroxyl groups is 1. The molecule has 1 saturated heterocycles. The van der Waals surface area contributed by atoms with E-state index in [2.05, 4.69) is 267 Å². The molecular weight excluding hydrogens is 1840 g/mol. The summed E-state index contributed by atoms with van der Waals surface area (Å²) < 4.78 is 19.2. The van der Waals surface area contributed by atoms with Crippen molar-refractivity contribution in [3.63, 3.8) is 0 Å². The Balaban J connectivity index is -0.000000963. The van der Waals surface area contributed by atoms with Crippen LogP contribution in [0.5, 0.6) is 0 Å². The fourth-order valence-electron chi connectivity index (χ4n) is 7.77. The molecule has 7 rings (SSSR count). The van der Waals surface area contributed by atoms with Crippen molar-refractivity contribution in [1.29, 1.82) is 0 Å². The molecule has 501 valence electrons. The van der Waals surface area contributed by atoms with Crippen LogP contribution in [0.2, 0.25) is 0 Å². The topological polar surface area (TPSA) is 177 Å². The summed E-state index contributed by atoms with van der Waals surface area (Å²) in [6.07, 6.45) is 10.4. The van der Waals surface area contributed by atoms with Crippen molar-refractivity contribution in [2.75, 3.05) is 27.0 Å². The van der Waals surface area contributed by atoms with E-state index in [-0.39, 0.29) is 55.3 Å². The van der Waals surface area contributed by atoms with E-state index in [1.165, 1.54) is 42.3 Å². The summed E-state index contributed by atoms with van der Waals surface area (Å²) in [6.45, 7) is 25.6. The van der Waals surface area contributed by atoms with Gasteiger partial charge in [0.25, 0.3) is 17.1 Å². The Morgan fingerprint density at radius 2 is 0.652 bits per heavy atom. The third kappa shape index (κ3) is 37.5. The second-order valence-electron chi connectivity index (χ2n) is 18.7. The van der Waals surface area contributed by atoms with E-state index in [0.717, 1.165) is 99.0 Å². The van der Waals surface area contributed by atoms with Gasteiger partial charge in [-0.25, -0.2) is 0 Å². The molecule has 1 fully saturated rings. The molecule has 1 aliphatic rings.